The number of halogens is 3. The second kappa shape index (κ2) is 4.93. The van der Waals surface area contributed by atoms with Crippen molar-refractivity contribution in [1.29, 1.82) is 0 Å². The van der Waals surface area contributed by atoms with Gasteiger partial charge < -0.3 is 5.73 Å². The minimum absolute atomic E-state index is 0.424. The van der Waals surface area contributed by atoms with Gasteiger partial charge in [-0.2, -0.15) is 4.39 Å². The van der Waals surface area contributed by atoms with E-state index in [0.717, 1.165) is 18.2 Å². The van der Waals surface area contributed by atoms with E-state index in [1.165, 1.54) is 0 Å². The van der Waals surface area contributed by atoms with Crippen molar-refractivity contribution in [2.75, 3.05) is 6.54 Å². The summed E-state index contributed by atoms with van der Waals surface area (Å²) in [7, 11) is 0. The standard InChI is InChI=1S/C9H9F3N2O2/c10-8-5(6(4-13)9(11)12)2-1-3-7(8)14(15)16/h1-3,6,9H,4,13H2. The largest absolute Gasteiger partial charge is 0.330 e. The first kappa shape index (κ1) is 12.4. The third-order valence-electron chi connectivity index (χ3n) is 2.16. The zero-order chi connectivity index (χ0) is 12.3. The number of nitro benzene ring substituents is 1. The molecule has 1 aromatic rings. The smallest absolute Gasteiger partial charge is 0.305 e. The molecule has 0 fully saturated rings. The molecular formula is C9H9F3N2O2. The van der Waals surface area contributed by atoms with Crippen LogP contribution in [0, 0.1) is 15.9 Å². The highest BCUT2D eigenvalue weighted by molar-refractivity contribution is 5.38. The fraction of sp³-hybridized carbons (Fsp3) is 0.333. The van der Waals surface area contributed by atoms with Gasteiger partial charge in [0.1, 0.15) is 0 Å². The summed E-state index contributed by atoms with van der Waals surface area (Å²) >= 11 is 0. The summed E-state index contributed by atoms with van der Waals surface area (Å²) in [5, 5.41) is 10.4. The molecule has 0 aliphatic rings. The maximum Gasteiger partial charge on any atom is 0.305 e. The summed E-state index contributed by atoms with van der Waals surface area (Å²) in [6.07, 6.45) is -2.86. The predicted molar refractivity (Wildman–Crippen MR) is 50.9 cm³/mol. The molecule has 0 spiro atoms. The topological polar surface area (TPSA) is 69.2 Å². The van der Waals surface area contributed by atoms with E-state index in [4.69, 9.17) is 5.73 Å². The van der Waals surface area contributed by atoms with Crippen molar-refractivity contribution in [2.45, 2.75) is 12.3 Å². The summed E-state index contributed by atoms with van der Waals surface area (Å²) in [5.41, 5.74) is 3.84. The van der Waals surface area contributed by atoms with Crippen molar-refractivity contribution in [3.63, 3.8) is 0 Å². The van der Waals surface area contributed by atoms with Gasteiger partial charge in [-0.25, -0.2) is 8.78 Å². The van der Waals surface area contributed by atoms with E-state index >= 15 is 0 Å². The average Bonchev–Trinajstić information content (AvgIpc) is 2.20. The Morgan fingerprint density at radius 2 is 2.06 bits per heavy atom. The van der Waals surface area contributed by atoms with Crippen molar-refractivity contribution in [2.24, 2.45) is 5.73 Å². The third-order valence-corrected chi connectivity index (χ3v) is 2.16. The Balaban J connectivity index is 3.23. The Hall–Kier alpha value is -1.63. The van der Waals surface area contributed by atoms with Crippen LogP contribution < -0.4 is 5.73 Å². The van der Waals surface area contributed by atoms with E-state index in [2.05, 4.69) is 0 Å². The van der Waals surface area contributed by atoms with Gasteiger partial charge in [0.25, 0.3) is 0 Å². The van der Waals surface area contributed by atoms with Crippen LogP contribution in [0.5, 0.6) is 0 Å². The van der Waals surface area contributed by atoms with Crippen LogP contribution in [0.3, 0.4) is 0 Å². The average molecular weight is 234 g/mol. The van der Waals surface area contributed by atoms with E-state index in [-0.39, 0.29) is 0 Å². The van der Waals surface area contributed by atoms with Crippen molar-refractivity contribution in [3.05, 3.63) is 39.7 Å². The number of nitrogens with zero attached hydrogens (tertiary/aromatic N) is 1. The van der Waals surface area contributed by atoms with Crippen molar-refractivity contribution >= 4 is 5.69 Å². The number of nitrogens with two attached hydrogens (primary N) is 1. The first-order valence-electron chi connectivity index (χ1n) is 4.40. The van der Waals surface area contributed by atoms with Crippen molar-refractivity contribution in [1.82, 2.24) is 0 Å². The Labute approximate surface area is 89.0 Å². The number of hydrogen-bond acceptors (Lipinski definition) is 3. The molecule has 1 unspecified atom stereocenters. The minimum atomic E-state index is -2.86. The van der Waals surface area contributed by atoms with E-state index in [0.29, 0.717) is 0 Å². The quantitative estimate of drug-likeness (QED) is 0.640. The fourth-order valence-electron chi connectivity index (χ4n) is 1.33. The van der Waals surface area contributed by atoms with Gasteiger partial charge in [0.2, 0.25) is 12.2 Å². The Morgan fingerprint density at radius 3 is 2.50 bits per heavy atom. The molecule has 0 saturated heterocycles. The molecule has 7 heteroatoms. The molecule has 2 N–H and O–H groups in total. The lowest BCUT2D eigenvalue weighted by atomic mass is 9.98. The second-order valence-electron chi connectivity index (χ2n) is 3.11. The van der Waals surface area contributed by atoms with Gasteiger partial charge in [-0.1, -0.05) is 12.1 Å². The molecule has 4 nitrogen and oxygen atoms in total. The van der Waals surface area contributed by atoms with Gasteiger partial charge in [0.15, 0.2) is 0 Å². The molecule has 88 valence electrons. The van der Waals surface area contributed by atoms with Crippen LogP contribution >= 0.6 is 0 Å². The van der Waals surface area contributed by atoms with Gasteiger partial charge in [0, 0.05) is 18.2 Å². The van der Waals surface area contributed by atoms with Crippen LogP contribution in [0.2, 0.25) is 0 Å². The van der Waals surface area contributed by atoms with Crippen LogP contribution in [0.1, 0.15) is 11.5 Å². The number of hydrogen-bond donors (Lipinski definition) is 1. The highest BCUT2D eigenvalue weighted by atomic mass is 19.3. The summed E-state index contributed by atoms with van der Waals surface area (Å²) in [6.45, 7) is -0.476. The molecule has 0 aliphatic heterocycles. The molecule has 0 radical (unpaired) electrons. The lowest BCUT2D eigenvalue weighted by molar-refractivity contribution is -0.387. The molecule has 0 bridgehead atoms. The zero-order valence-corrected chi connectivity index (χ0v) is 8.07. The number of rotatable bonds is 4. The molecule has 0 amide bonds. The summed E-state index contributed by atoms with van der Waals surface area (Å²) < 4.78 is 38.5. The van der Waals surface area contributed by atoms with Crippen LogP contribution in [0.25, 0.3) is 0 Å². The van der Waals surface area contributed by atoms with Crippen LogP contribution in [0.4, 0.5) is 18.9 Å². The first-order valence-corrected chi connectivity index (χ1v) is 4.40. The summed E-state index contributed by atoms with van der Waals surface area (Å²) in [5.74, 6) is -2.77. The molecule has 16 heavy (non-hydrogen) atoms. The van der Waals surface area contributed by atoms with Crippen molar-refractivity contribution < 1.29 is 18.1 Å². The monoisotopic (exact) mass is 234 g/mol. The number of alkyl halides is 2. The Bertz CT molecular complexity index is 398. The van der Waals surface area contributed by atoms with E-state index < -0.39 is 40.9 Å². The summed E-state index contributed by atoms with van der Waals surface area (Å²) in [4.78, 5) is 9.44. The van der Waals surface area contributed by atoms with Crippen LogP contribution in [-0.4, -0.2) is 17.9 Å². The SMILES string of the molecule is NCC(c1cccc([N+](=O)[O-])c1F)C(F)F. The van der Waals surface area contributed by atoms with Crippen LogP contribution in [-0.2, 0) is 0 Å². The number of benzene rings is 1. The van der Waals surface area contributed by atoms with Crippen molar-refractivity contribution in [3.8, 4) is 0 Å². The maximum atomic E-state index is 13.5. The van der Waals surface area contributed by atoms with E-state index in [9.17, 15) is 23.3 Å². The van der Waals surface area contributed by atoms with Gasteiger partial charge in [0.05, 0.1) is 10.8 Å². The molecule has 1 aromatic carbocycles. The Kier molecular flexibility index (Phi) is 3.83. The lowest BCUT2D eigenvalue weighted by Crippen LogP contribution is -2.21. The van der Waals surface area contributed by atoms with E-state index in [1.807, 2.05) is 0 Å². The lowest BCUT2D eigenvalue weighted by Gasteiger charge is -2.14. The molecule has 1 atom stereocenters. The van der Waals surface area contributed by atoms with Gasteiger partial charge in [-0.05, 0) is 0 Å². The molecule has 0 heterocycles. The van der Waals surface area contributed by atoms with E-state index in [1.54, 1.807) is 0 Å². The van der Waals surface area contributed by atoms with Gasteiger partial charge in [-0.15, -0.1) is 0 Å². The minimum Gasteiger partial charge on any atom is -0.330 e. The molecule has 0 aliphatic carbocycles. The maximum absolute atomic E-state index is 13.5. The second-order valence-corrected chi connectivity index (χ2v) is 3.11. The first-order chi connectivity index (χ1) is 7.49. The molecule has 1 rings (SSSR count). The molecule has 0 aromatic heterocycles. The third kappa shape index (κ3) is 2.30. The highest BCUT2D eigenvalue weighted by Crippen LogP contribution is 2.29. The summed E-state index contributed by atoms with van der Waals surface area (Å²) in [6, 6.07) is 3.14. The van der Waals surface area contributed by atoms with Crippen LogP contribution in [0.15, 0.2) is 18.2 Å². The Morgan fingerprint density at radius 1 is 1.44 bits per heavy atom. The molecular weight excluding hydrogens is 225 g/mol. The predicted octanol–water partition coefficient (Wildman–Crippen LogP) is 2.04. The van der Waals surface area contributed by atoms with Gasteiger partial charge >= 0.3 is 5.69 Å². The van der Waals surface area contributed by atoms with Gasteiger partial charge in [-0.3, -0.25) is 10.1 Å². The fourth-order valence-corrected chi connectivity index (χ4v) is 1.33. The normalized spacial score (nSPS) is 12.8. The zero-order valence-electron chi connectivity index (χ0n) is 8.07. The highest BCUT2D eigenvalue weighted by Gasteiger charge is 2.28. The molecule has 0 saturated carbocycles. The number of nitro groups is 1.